The Balaban J connectivity index is 1.15. The summed E-state index contributed by atoms with van der Waals surface area (Å²) in [5, 5.41) is 12.2. The molecule has 0 radical (unpaired) electrons. The van der Waals surface area contributed by atoms with Crippen molar-refractivity contribution in [3.8, 4) is 11.1 Å². The summed E-state index contributed by atoms with van der Waals surface area (Å²) in [6.45, 7) is 0. The van der Waals surface area contributed by atoms with Crippen molar-refractivity contribution in [2.24, 2.45) is 0 Å². The molecule has 0 aliphatic heterocycles. The molecule has 0 aliphatic carbocycles. The molecule has 1 heterocycles. The average molecular weight is 612 g/mol. The SMILES string of the molecule is c1ccc(N(c2ccc(-c3cc4ccccc4c4c3ccc3ccccc34)cc2)c2ccc3ccc4c5ccccc5oc4c3c2)cc1. The Labute approximate surface area is 277 Å². The molecule has 10 aromatic rings. The Morgan fingerprint density at radius 2 is 0.938 bits per heavy atom. The van der Waals surface area contributed by atoms with E-state index >= 15 is 0 Å². The van der Waals surface area contributed by atoms with E-state index in [-0.39, 0.29) is 0 Å². The van der Waals surface area contributed by atoms with Crippen molar-refractivity contribution >= 4 is 82.1 Å². The number of anilines is 3. The van der Waals surface area contributed by atoms with Crippen LogP contribution in [0, 0.1) is 0 Å². The van der Waals surface area contributed by atoms with Crippen molar-refractivity contribution in [3.63, 3.8) is 0 Å². The lowest BCUT2D eigenvalue weighted by Gasteiger charge is -2.26. The summed E-state index contributed by atoms with van der Waals surface area (Å²) < 4.78 is 6.45. The molecule has 0 unspecified atom stereocenters. The minimum atomic E-state index is 0.912. The number of hydrogen-bond donors (Lipinski definition) is 0. The number of benzene rings is 9. The molecular weight excluding hydrogens is 583 g/mol. The number of para-hydroxylation sites is 2. The molecule has 0 saturated heterocycles. The molecular formula is C46H29NO. The van der Waals surface area contributed by atoms with Crippen molar-refractivity contribution < 1.29 is 4.42 Å². The lowest BCUT2D eigenvalue weighted by Crippen LogP contribution is -2.09. The zero-order valence-corrected chi connectivity index (χ0v) is 26.1. The quantitative estimate of drug-likeness (QED) is 0.184. The first-order valence-corrected chi connectivity index (χ1v) is 16.4. The van der Waals surface area contributed by atoms with Gasteiger partial charge in [0.1, 0.15) is 11.2 Å². The highest BCUT2D eigenvalue weighted by atomic mass is 16.3. The maximum atomic E-state index is 6.45. The fourth-order valence-corrected chi connectivity index (χ4v) is 7.55. The van der Waals surface area contributed by atoms with E-state index in [1.54, 1.807) is 0 Å². The van der Waals surface area contributed by atoms with E-state index < -0.39 is 0 Å². The maximum Gasteiger partial charge on any atom is 0.143 e. The molecule has 0 spiro atoms. The summed E-state index contributed by atoms with van der Waals surface area (Å²) in [6.07, 6.45) is 0. The molecule has 0 aliphatic rings. The van der Waals surface area contributed by atoms with Crippen molar-refractivity contribution in [2.45, 2.75) is 0 Å². The first-order chi connectivity index (χ1) is 23.8. The molecule has 48 heavy (non-hydrogen) atoms. The third-order valence-electron chi connectivity index (χ3n) is 9.80. The fraction of sp³-hybridized carbons (Fsp3) is 0. The molecule has 10 rings (SSSR count). The third kappa shape index (κ3) is 4.13. The van der Waals surface area contributed by atoms with Gasteiger partial charge in [-0.25, -0.2) is 0 Å². The molecule has 0 bridgehead atoms. The summed E-state index contributed by atoms with van der Waals surface area (Å²) >= 11 is 0. The zero-order valence-electron chi connectivity index (χ0n) is 26.1. The second-order valence-electron chi connectivity index (χ2n) is 12.5. The molecule has 0 N–H and O–H groups in total. The highest BCUT2D eigenvalue weighted by molar-refractivity contribution is 6.24. The normalized spacial score (nSPS) is 11.8. The van der Waals surface area contributed by atoms with Gasteiger partial charge in [-0.2, -0.15) is 0 Å². The molecule has 2 heteroatoms. The van der Waals surface area contributed by atoms with Crippen molar-refractivity contribution in [2.75, 3.05) is 4.90 Å². The minimum absolute atomic E-state index is 0.912. The van der Waals surface area contributed by atoms with Gasteiger partial charge in [0, 0.05) is 33.2 Å². The number of rotatable bonds is 4. The second kappa shape index (κ2) is 10.6. The zero-order chi connectivity index (χ0) is 31.6. The number of nitrogens with zero attached hydrogens (tertiary/aromatic N) is 1. The molecule has 0 atom stereocenters. The maximum absolute atomic E-state index is 6.45. The van der Waals surface area contributed by atoms with Gasteiger partial charge in [-0.3, -0.25) is 0 Å². The van der Waals surface area contributed by atoms with Gasteiger partial charge < -0.3 is 9.32 Å². The predicted octanol–water partition coefficient (Wildman–Crippen LogP) is 13.3. The Morgan fingerprint density at radius 3 is 1.75 bits per heavy atom. The van der Waals surface area contributed by atoms with Crippen LogP contribution in [0.5, 0.6) is 0 Å². The van der Waals surface area contributed by atoms with Gasteiger partial charge in [0.05, 0.1) is 0 Å². The highest BCUT2D eigenvalue weighted by Gasteiger charge is 2.17. The van der Waals surface area contributed by atoms with Gasteiger partial charge in [0.25, 0.3) is 0 Å². The minimum Gasteiger partial charge on any atom is -0.455 e. The Bertz CT molecular complexity index is 2810. The predicted molar refractivity (Wildman–Crippen MR) is 204 cm³/mol. The molecule has 2 nitrogen and oxygen atoms in total. The Morgan fingerprint density at radius 1 is 0.354 bits per heavy atom. The van der Waals surface area contributed by atoms with Gasteiger partial charge in [0.2, 0.25) is 0 Å². The fourth-order valence-electron chi connectivity index (χ4n) is 7.55. The van der Waals surface area contributed by atoms with Gasteiger partial charge >= 0.3 is 0 Å². The van der Waals surface area contributed by atoms with E-state index in [2.05, 4.69) is 169 Å². The van der Waals surface area contributed by atoms with Crippen LogP contribution >= 0.6 is 0 Å². The van der Waals surface area contributed by atoms with E-state index in [1.807, 2.05) is 12.1 Å². The van der Waals surface area contributed by atoms with E-state index in [4.69, 9.17) is 4.42 Å². The van der Waals surface area contributed by atoms with E-state index in [0.717, 1.165) is 49.8 Å². The number of furan rings is 1. The average Bonchev–Trinajstić information content (AvgIpc) is 3.54. The number of fused-ring (bicyclic) bond motifs is 10. The molecule has 0 amide bonds. The molecule has 224 valence electrons. The standard InChI is InChI=1S/C46H29NO/c1-2-12-34(13-3-1)47(36-25-20-32-22-27-41-39-16-8-9-17-44(39)48-46(41)43(32)29-36)35-23-18-31(19-24-35)42-28-33-11-5-7-15-38(33)45-37-14-6-4-10-30(37)21-26-40(42)45/h1-29H. The Kier molecular flexibility index (Phi) is 5.91. The largest absolute Gasteiger partial charge is 0.455 e. The highest BCUT2D eigenvalue weighted by Crippen LogP contribution is 2.42. The van der Waals surface area contributed by atoms with Gasteiger partial charge in [0.15, 0.2) is 0 Å². The van der Waals surface area contributed by atoms with Crippen LogP contribution in [0.1, 0.15) is 0 Å². The first-order valence-electron chi connectivity index (χ1n) is 16.4. The Hall–Kier alpha value is -6.38. The van der Waals surface area contributed by atoms with E-state index in [0.29, 0.717) is 0 Å². The summed E-state index contributed by atoms with van der Waals surface area (Å²) in [5.41, 5.74) is 7.55. The van der Waals surface area contributed by atoms with Crippen molar-refractivity contribution in [1.29, 1.82) is 0 Å². The van der Waals surface area contributed by atoms with Gasteiger partial charge in [-0.05, 0) is 103 Å². The van der Waals surface area contributed by atoms with Crippen LogP contribution in [0.4, 0.5) is 17.1 Å². The summed E-state index contributed by atoms with van der Waals surface area (Å²) in [5.74, 6) is 0. The van der Waals surface area contributed by atoms with Crippen LogP contribution in [0.2, 0.25) is 0 Å². The smallest absolute Gasteiger partial charge is 0.143 e. The van der Waals surface area contributed by atoms with Crippen molar-refractivity contribution in [1.82, 2.24) is 0 Å². The van der Waals surface area contributed by atoms with Crippen molar-refractivity contribution in [3.05, 3.63) is 176 Å². The number of hydrogen-bond acceptors (Lipinski definition) is 2. The van der Waals surface area contributed by atoms with Crippen LogP contribution in [-0.2, 0) is 0 Å². The summed E-state index contributed by atoms with van der Waals surface area (Å²) in [6, 6.07) is 63.3. The first kappa shape index (κ1) is 26.8. The molecule has 9 aromatic carbocycles. The third-order valence-corrected chi connectivity index (χ3v) is 9.80. The monoisotopic (exact) mass is 611 g/mol. The lowest BCUT2D eigenvalue weighted by molar-refractivity contribution is 0.672. The second-order valence-corrected chi connectivity index (χ2v) is 12.5. The van der Waals surface area contributed by atoms with Crippen LogP contribution in [0.3, 0.4) is 0 Å². The summed E-state index contributed by atoms with van der Waals surface area (Å²) in [4.78, 5) is 2.33. The van der Waals surface area contributed by atoms with Crippen LogP contribution in [-0.4, -0.2) is 0 Å². The van der Waals surface area contributed by atoms with Crippen LogP contribution in [0.15, 0.2) is 180 Å². The lowest BCUT2D eigenvalue weighted by atomic mass is 9.90. The van der Waals surface area contributed by atoms with Gasteiger partial charge in [-0.15, -0.1) is 0 Å². The molecule has 1 aromatic heterocycles. The van der Waals surface area contributed by atoms with Crippen LogP contribution in [0.25, 0.3) is 76.2 Å². The molecule has 0 saturated carbocycles. The topological polar surface area (TPSA) is 16.4 Å². The van der Waals surface area contributed by atoms with E-state index in [1.165, 1.54) is 43.4 Å². The van der Waals surface area contributed by atoms with Gasteiger partial charge in [-0.1, -0.05) is 121 Å². The van der Waals surface area contributed by atoms with E-state index in [9.17, 15) is 0 Å². The summed E-state index contributed by atoms with van der Waals surface area (Å²) in [7, 11) is 0. The van der Waals surface area contributed by atoms with Crippen LogP contribution < -0.4 is 4.90 Å². The molecule has 0 fully saturated rings.